The highest BCUT2D eigenvalue weighted by atomic mass is 32.2. The van der Waals surface area contributed by atoms with Crippen LogP contribution in [0.1, 0.15) is 53.3 Å². The summed E-state index contributed by atoms with van der Waals surface area (Å²) in [5.74, 6) is -0.951. The summed E-state index contributed by atoms with van der Waals surface area (Å²) in [7, 11) is 0. The van der Waals surface area contributed by atoms with Gasteiger partial charge in [-0.25, -0.2) is 9.59 Å². The van der Waals surface area contributed by atoms with E-state index in [4.69, 9.17) is 14.2 Å². The zero-order chi connectivity index (χ0) is 30.1. The highest BCUT2D eigenvalue weighted by Crippen LogP contribution is 2.43. The molecule has 4 rings (SSSR count). The number of carboxylic acids is 1. The van der Waals surface area contributed by atoms with Crippen molar-refractivity contribution in [3.8, 4) is 0 Å². The molecule has 0 saturated carbocycles. The number of aromatic carboxylic acids is 1. The van der Waals surface area contributed by atoms with Gasteiger partial charge in [-0.3, -0.25) is 4.79 Å². The third-order valence-corrected chi connectivity index (χ3v) is 7.85. The van der Waals surface area contributed by atoms with Gasteiger partial charge in [0.1, 0.15) is 6.54 Å². The maximum atomic E-state index is 12.3. The third kappa shape index (κ3) is 8.32. The first kappa shape index (κ1) is 31.0. The topological polar surface area (TPSA) is 143 Å². The van der Waals surface area contributed by atoms with Gasteiger partial charge >= 0.3 is 18.0 Å². The van der Waals surface area contributed by atoms with Crippen molar-refractivity contribution in [2.45, 2.75) is 43.8 Å². The molecule has 0 aromatic heterocycles. The number of hydrogen-bond donors (Lipinski definition) is 4. The van der Waals surface area contributed by atoms with E-state index < -0.39 is 24.3 Å². The fraction of sp³-hybridized carbons (Fsp3) is 0.323. The summed E-state index contributed by atoms with van der Waals surface area (Å²) in [6, 6.07) is 20.9. The summed E-state index contributed by atoms with van der Waals surface area (Å²) >= 11 is 1.56. The molecule has 1 heterocycles. The quantitative estimate of drug-likeness (QED) is 0.175. The molecule has 222 valence electrons. The molecular formula is C31H34N2O8S. The van der Waals surface area contributed by atoms with Crippen molar-refractivity contribution >= 4 is 35.4 Å². The SMILES string of the molecule is CCOC(=O)CNC(=O)Nc1cccc([C@@H]2O[C@H](CSc3ccc(C(=O)O)cc3)[C@H](C)[C@H](c3ccc(CO)cc3)O2)c1. The van der Waals surface area contributed by atoms with Crippen molar-refractivity contribution < 1.29 is 38.8 Å². The maximum Gasteiger partial charge on any atom is 0.335 e. The van der Waals surface area contributed by atoms with Gasteiger partial charge in [-0.1, -0.05) is 43.3 Å². The number of rotatable bonds is 11. The fourth-order valence-electron chi connectivity index (χ4n) is 4.48. The monoisotopic (exact) mass is 594 g/mol. The zero-order valence-corrected chi connectivity index (χ0v) is 24.1. The maximum absolute atomic E-state index is 12.3. The molecule has 1 saturated heterocycles. The Labute approximate surface area is 248 Å². The fourth-order valence-corrected chi connectivity index (χ4v) is 5.55. The lowest BCUT2D eigenvalue weighted by molar-refractivity contribution is -0.268. The predicted octanol–water partition coefficient (Wildman–Crippen LogP) is 5.15. The van der Waals surface area contributed by atoms with E-state index in [-0.39, 0.29) is 43.4 Å². The summed E-state index contributed by atoms with van der Waals surface area (Å²) in [6.45, 7) is 3.68. The number of hydrogen-bond acceptors (Lipinski definition) is 8. The van der Waals surface area contributed by atoms with Crippen LogP contribution in [0.15, 0.2) is 77.7 Å². The summed E-state index contributed by atoms with van der Waals surface area (Å²) in [5, 5.41) is 23.8. The Morgan fingerprint density at radius 1 is 0.976 bits per heavy atom. The second kappa shape index (κ2) is 14.8. The number of esters is 1. The van der Waals surface area contributed by atoms with Gasteiger partial charge in [-0.05, 0) is 54.4 Å². The summed E-state index contributed by atoms with van der Waals surface area (Å²) in [5.41, 5.74) is 3.16. The van der Waals surface area contributed by atoms with Gasteiger partial charge in [0.05, 0.1) is 31.0 Å². The molecule has 0 unspecified atom stereocenters. The normalized spacial score (nSPS) is 20.0. The second-order valence-corrected chi connectivity index (χ2v) is 10.8. The van der Waals surface area contributed by atoms with Crippen LogP contribution in [0.25, 0.3) is 0 Å². The lowest BCUT2D eigenvalue weighted by atomic mass is 9.91. The van der Waals surface area contributed by atoms with Gasteiger partial charge in [0.2, 0.25) is 0 Å². The molecule has 1 aliphatic rings. The van der Waals surface area contributed by atoms with E-state index in [0.717, 1.165) is 16.0 Å². The summed E-state index contributed by atoms with van der Waals surface area (Å²) in [6.07, 6.45) is -1.30. The Balaban J connectivity index is 1.51. The number of urea groups is 1. The largest absolute Gasteiger partial charge is 0.478 e. The van der Waals surface area contributed by atoms with Crippen LogP contribution in [0.4, 0.5) is 10.5 Å². The highest BCUT2D eigenvalue weighted by molar-refractivity contribution is 7.99. The first-order valence-corrected chi connectivity index (χ1v) is 14.5. The minimum Gasteiger partial charge on any atom is -0.478 e. The molecule has 11 heteroatoms. The molecule has 0 bridgehead atoms. The first-order chi connectivity index (χ1) is 20.3. The summed E-state index contributed by atoms with van der Waals surface area (Å²) in [4.78, 5) is 36.0. The average molecular weight is 595 g/mol. The minimum atomic E-state index is -0.973. The van der Waals surface area contributed by atoms with Crippen LogP contribution in [0, 0.1) is 5.92 Å². The Hall–Kier alpha value is -3.90. The number of thioether (sulfide) groups is 1. The number of carbonyl (C=O) groups excluding carboxylic acids is 2. The molecule has 1 aliphatic heterocycles. The van der Waals surface area contributed by atoms with Gasteiger partial charge in [-0.15, -0.1) is 11.8 Å². The molecule has 4 atom stereocenters. The van der Waals surface area contributed by atoms with Crippen LogP contribution in [-0.4, -0.2) is 53.2 Å². The number of ether oxygens (including phenoxy) is 3. The Kier molecular flexibility index (Phi) is 11.0. The van der Waals surface area contributed by atoms with E-state index in [2.05, 4.69) is 17.6 Å². The van der Waals surface area contributed by atoms with E-state index in [1.807, 2.05) is 30.3 Å². The smallest absolute Gasteiger partial charge is 0.335 e. The van der Waals surface area contributed by atoms with Crippen molar-refractivity contribution in [3.05, 3.63) is 95.1 Å². The van der Waals surface area contributed by atoms with Crippen molar-refractivity contribution in [1.82, 2.24) is 5.32 Å². The Morgan fingerprint density at radius 2 is 1.71 bits per heavy atom. The molecule has 4 N–H and O–H groups in total. The molecule has 0 aliphatic carbocycles. The molecule has 0 radical (unpaired) electrons. The van der Waals surface area contributed by atoms with Gasteiger partial charge in [0.15, 0.2) is 6.29 Å². The first-order valence-electron chi connectivity index (χ1n) is 13.5. The molecular weight excluding hydrogens is 560 g/mol. The van der Waals surface area contributed by atoms with Crippen molar-refractivity contribution in [2.75, 3.05) is 24.2 Å². The minimum absolute atomic E-state index is 0.0398. The van der Waals surface area contributed by atoms with E-state index >= 15 is 0 Å². The number of carbonyl (C=O) groups is 3. The number of carboxylic acid groups (broad SMARTS) is 1. The van der Waals surface area contributed by atoms with E-state index in [1.165, 1.54) is 0 Å². The Morgan fingerprint density at radius 3 is 2.38 bits per heavy atom. The number of benzene rings is 3. The lowest BCUT2D eigenvalue weighted by Gasteiger charge is -2.41. The van der Waals surface area contributed by atoms with E-state index in [1.54, 1.807) is 61.2 Å². The molecule has 1 fully saturated rings. The number of nitrogens with one attached hydrogen (secondary N) is 2. The Bertz CT molecular complexity index is 1370. The number of amides is 2. The van der Waals surface area contributed by atoms with Crippen LogP contribution in [-0.2, 0) is 25.6 Å². The van der Waals surface area contributed by atoms with Gasteiger partial charge in [0.25, 0.3) is 0 Å². The lowest BCUT2D eigenvalue weighted by Crippen LogP contribution is -2.38. The molecule has 0 spiro atoms. The third-order valence-electron chi connectivity index (χ3n) is 6.75. The standard InChI is InChI=1S/C31H34N2O8S/c1-3-39-27(35)16-32-31(38)33-24-6-4-5-23(15-24)30-40-26(18-42-25-13-11-22(12-14-25)29(36)37)19(2)28(41-30)21-9-7-20(17-34)8-10-21/h4-15,19,26,28,30,34H,3,16-18H2,1-2H3,(H,36,37)(H2,32,33,38)/t19-,26+,28+,30+/m0/s1. The van der Waals surface area contributed by atoms with Crippen molar-refractivity contribution in [1.29, 1.82) is 0 Å². The van der Waals surface area contributed by atoms with Crippen molar-refractivity contribution in [3.63, 3.8) is 0 Å². The van der Waals surface area contributed by atoms with Crippen LogP contribution in [0.3, 0.4) is 0 Å². The molecule has 3 aromatic rings. The van der Waals surface area contributed by atoms with Crippen LogP contribution < -0.4 is 10.6 Å². The summed E-state index contributed by atoms with van der Waals surface area (Å²) < 4.78 is 17.8. The number of aliphatic hydroxyl groups excluding tert-OH is 1. The molecule has 3 aromatic carbocycles. The van der Waals surface area contributed by atoms with Gasteiger partial charge in [0, 0.05) is 27.8 Å². The van der Waals surface area contributed by atoms with Crippen LogP contribution in [0.5, 0.6) is 0 Å². The highest BCUT2D eigenvalue weighted by Gasteiger charge is 2.38. The predicted molar refractivity (Wildman–Crippen MR) is 157 cm³/mol. The molecule has 10 nitrogen and oxygen atoms in total. The van der Waals surface area contributed by atoms with E-state index in [0.29, 0.717) is 17.0 Å². The van der Waals surface area contributed by atoms with Crippen molar-refractivity contribution in [2.24, 2.45) is 5.92 Å². The van der Waals surface area contributed by atoms with Gasteiger partial charge < -0.3 is 35.1 Å². The molecule has 2 amide bonds. The number of anilines is 1. The zero-order valence-electron chi connectivity index (χ0n) is 23.3. The van der Waals surface area contributed by atoms with Crippen LogP contribution >= 0.6 is 11.8 Å². The number of aliphatic hydroxyl groups is 1. The second-order valence-electron chi connectivity index (χ2n) is 9.70. The van der Waals surface area contributed by atoms with Gasteiger partial charge in [-0.2, -0.15) is 0 Å². The van der Waals surface area contributed by atoms with E-state index in [9.17, 15) is 24.6 Å². The van der Waals surface area contributed by atoms with Crippen LogP contribution in [0.2, 0.25) is 0 Å². The molecule has 42 heavy (non-hydrogen) atoms. The average Bonchev–Trinajstić information content (AvgIpc) is 3.00.